The van der Waals surface area contributed by atoms with Gasteiger partial charge in [0.25, 0.3) is 0 Å². The fourth-order valence-electron chi connectivity index (χ4n) is 1.18. The molecule has 0 saturated carbocycles. The molecule has 5 heteroatoms. The molecule has 0 rings (SSSR count). The summed E-state index contributed by atoms with van der Waals surface area (Å²) in [6.07, 6.45) is 3.66. The fraction of sp³-hybridized carbons (Fsp3) is 1.00. The molecule has 14 heavy (non-hydrogen) atoms. The van der Waals surface area contributed by atoms with Crippen LogP contribution in [-0.2, 0) is 9.84 Å². The predicted octanol–water partition coefficient (Wildman–Crippen LogP) is 0.0902. The molecule has 0 aliphatic heterocycles. The highest BCUT2D eigenvalue weighted by atomic mass is 32.2. The second-order valence-corrected chi connectivity index (χ2v) is 6.38. The highest BCUT2D eigenvalue weighted by molar-refractivity contribution is 7.90. The molecule has 0 heterocycles. The van der Waals surface area contributed by atoms with Gasteiger partial charge in [-0.25, -0.2) is 8.42 Å². The summed E-state index contributed by atoms with van der Waals surface area (Å²) >= 11 is 0. The maximum absolute atomic E-state index is 10.8. The summed E-state index contributed by atoms with van der Waals surface area (Å²) in [6.45, 7) is 0.958. The first-order valence-electron chi connectivity index (χ1n) is 4.89. The van der Waals surface area contributed by atoms with Crippen molar-refractivity contribution < 1.29 is 8.42 Å². The molecule has 0 bridgehead atoms. The molecule has 0 amide bonds. The minimum atomic E-state index is -2.82. The Bertz CT molecular complexity index is 237. The Morgan fingerprint density at radius 2 is 1.86 bits per heavy atom. The van der Waals surface area contributed by atoms with Crippen molar-refractivity contribution in [3.63, 3.8) is 0 Å². The van der Waals surface area contributed by atoms with Gasteiger partial charge in [-0.3, -0.25) is 0 Å². The van der Waals surface area contributed by atoms with Crippen molar-refractivity contribution in [2.75, 3.05) is 32.6 Å². The number of sulfone groups is 1. The topological polar surface area (TPSA) is 63.4 Å². The van der Waals surface area contributed by atoms with Gasteiger partial charge < -0.3 is 10.6 Å². The normalized spacial score (nSPS) is 14.6. The predicted molar refractivity (Wildman–Crippen MR) is 60.1 cm³/mol. The van der Waals surface area contributed by atoms with Crippen molar-refractivity contribution in [1.29, 1.82) is 0 Å². The van der Waals surface area contributed by atoms with Crippen LogP contribution < -0.4 is 5.73 Å². The first-order valence-corrected chi connectivity index (χ1v) is 6.95. The van der Waals surface area contributed by atoms with Crippen molar-refractivity contribution in [3.05, 3.63) is 0 Å². The van der Waals surface area contributed by atoms with E-state index in [4.69, 9.17) is 5.73 Å². The number of hydrogen-bond donors (Lipinski definition) is 1. The van der Waals surface area contributed by atoms with Gasteiger partial charge in [-0.15, -0.1) is 0 Å². The van der Waals surface area contributed by atoms with Crippen LogP contribution in [0.1, 0.15) is 19.3 Å². The molecule has 2 N–H and O–H groups in total. The molecule has 0 aromatic rings. The Balaban J connectivity index is 3.50. The fourth-order valence-corrected chi connectivity index (χ4v) is 1.87. The van der Waals surface area contributed by atoms with Crippen LogP contribution in [0.4, 0.5) is 0 Å². The number of nitrogens with zero attached hydrogens (tertiary/aromatic N) is 1. The Morgan fingerprint density at radius 1 is 1.29 bits per heavy atom. The van der Waals surface area contributed by atoms with Crippen LogP contribution in [0.5, 0.6) is 0 Å². The summed E-state index contributed by atoms with van der Waals surface area (Å²) in [4.78, 5) is 2.08. The highest BCUT2D eigenvalue weighted by Gasteiger charge is 2.06. The van der Waals surface area contributed by atoms with Crippen LogP contribution in [0.2, 0.25) is 0 Å². The Morgan fingerprint density at radius 3 is 2.29 bits per heavy atom. The zero-order valence-corrected chi connectivity index (χ0v) is 10.2. The van der Waals surface area contributed by atoms with E-state index in [0.29, 0.717) is 6.42 Å². The third kappa shape index (κ3) is 9.95. The van der Waals surface area contributed by atoms with Crippen LogP contribution in [0.25, 0.3) is 0 Å². The zero-order chi connectivity index (χ0) is 11.2. The van der Waals surface area contributed by atoms with Gasteiger partial charge in [0, 0.05) is 18.1 Å². The standard InChI is InChI=1S/C9H22N2O2S/c1-11(2)7-6-9(10)5-4-8-14(3,12)13/h9H,4-8,10H2,1-3H3. The van der Waals surface area contributed by atoms with E-state index in [1.165, 1.54) is 6.26 Å². The number of rotatable bonds is 7. The highest BCUT2D eigenvalue weighted by Crippen LogP contribution is 2.01. The van der Waals surface area contributed by atoms with Crippen LogP contribution in [0.3, 0.4) is 0 Å². The third-order valence-corrected chi connectivity index (χ3v) is 3.07. The molecule has 0 aliphatic rings. The lowest BCUT2D eigenvalue weighted by atomic mass is 10.1. The lowest BCUT2D eigenvalue weighted by Crippen LogP contribution is -2.26. The van der Waals surface area contributed by atoms with Gasteiger partial charge in [0.1, 0.15) is 9.84 Å². The van der Waals surface area contributed by atoms with Gasteiger partial charge in [0.2, 0.25) is 0 Å². The summed E-state index contributed by atoms with van der Waals surface area (Å²) in [7, 11) is 1.19. The zero-order valence-electron chi connectivity index (χ0n) is 9.36. The lowest BCUT2D eigenvalue weighted by molar-refractivity contribution is 0.374. The van der Waals surface area contributed by atoms with E-state index < -0.39 is 9.84 Å². The maximum Gasteiger partial charge on any atom is 0.147 e. The van der Waals surface area contributed by atoms with Crippen molar-refractivity contribution in [2.45, 2.75) is 25.3 Å². The van der Waals surface area contributed by atoms with Gasteiger partial charge >= 0.3 is 0 Å². The minimum absolute atomic E-state index is 0.124. The van der Waals surface area contributed by atoms with E-state index in [2.05, 4.69) is 4.90 Å². The molecule has 0 aromatic carbocycles. The van der Waals surface area contributed by atoms with Gasteiger partial charge in [-0.05, 0) is 39.9 Å². The number of hydrogen-bond acceptors (Lipinski definition) is 4. The monoisotopic (exact) mass is 222 g/mol. The number of nitrogens with two attached hydrogens (primary N) is 1. The minimum Gasteiger partial charge on any atom is -0.328 e. The second-order valence-electron chi connectivity index (χ2n) is 4.12. The van der Waals surface area contributed by atoms with Crippen molar-refractivity contribution in [2.24, 2.45) is 5.73 Å². The molecule has 1 unspecified atom stereocenters. The second kappa shape index (κ2) is 6.37. The SMILES string of the molecule is CN(C)CCC(N)CCCS(C)(=O)=O. The summed E-state index contributed by atoms with van der Waals surface area (Å²) in [5.74, 6) is 0.253. The molecular weight excluding hydrogens is 200 g/mol. The van der Waals surface area contributed by atoms with Crippen molar-refractivity contribution in [3.8, 4) is 0 Å². The van der Waals surface area contributed by atoms with Gasteiger partial charge in [0.15, 0.2) is 0 Å². The van der Waals surface area contributed by atoms with E-state index in [1.807, 2.05) is 14.1 Å². The summed E-state index contributed by atoms with van der Waals surface area (Å²) < 4.78 is 21.7. The summed E-state index contributed by atoms with van der Waals surface area (Å²) in [5.41, 5.74) is 5.83. The Hall–Kier alpha value is -0.130. The average Bonchev–Trinajstić information content (AvgIpc) is 1.98. The van der Waals surface area contributed by atoms with E-state index in [1.54, 1.807) is 0 Å². The lowest BCUT2D eigenvalue weighted by Gasteiger charge is -2.14. The maximum atomic E-state index is 10.8. The van der Waals surface area contributed by atoms with Crippen molar-refractivity contribution >= 4 is 9.84 Å². The smallest absolute Gasteiger partial charge is 0.147 e. The van der Waals surface area contributed by atoms with Crippen LogP contribution in [-0.4, -0.2) is 52.0 Å². The van der Waals surface area contributed by atoms with Gasteiger partial charge in [-0.2, -0.15) is 0 Å². The quantitative estimate of drug-likeness (QED) is 0.663. The Kier molecular flexibility index (Phi) is 6.31. The molecule has 0 radical (unpaired) electrons. The molecule has 0 spiro atoms. The average molecular weight is 222 g/mol. The summed E-state index contributed by atoms with van der Waals surface area (Å²) in [6, 6.07) is 0.124. The van der Waals surface area contributed by atoms with Crippen LogP contribution in [0, 0.1) is 0 Å². The van der Waals surface area contributed by atoms with Crippen molar-refractivity contribution in [1.82, 2.24) is 4.90 Å². The molecular formula is C9H22N2O2S. The van der Waals surface area contributed by atoms with Gasteiger partial charge in [-0.1, -0.05) is 0 Å². The first kappa shape index (κ1) is 13.9. The molecule has 86 valence electrons. The van der Waals surface area contributed by atoms with Gasteiger partial charge in [0.05, 0.1) is 0 Å². The molecule has 0 aliphatic carbocycles. The Labute approximate surface area is 87.4 Å². The van der Waals surface area contributed by atoms with E-state index in [0.717, 1.165) is 19.4 Å². The molecule has 1 atom stereocenters. The third-order valence-electron chi connectivity index (χ3n) is 2.04. The van der Waals surface area contributed by atoms with Crippen LogP contribution >= 0.6 is 0 Å². The van der Waals surface area contributed by atoms with Crippen LogP contribution in [0.15, 0.2) is 0 Å². The van der Waals surface area contributed by atoms with E-state index in [-0.39, 0.29) is 11.8 Å². The molecule has 4 nitrogen and oxygen atoms in total. The molecule has 0 fully saturated rings. The largest absolute Gasteiger partial charge is 0.328 e. The first-order chi connectivity index (χ1) is 6.31. The van der Waals surface area contributed by atoms with E-state index >= 15 is 0 Å². The molecule has 0 saturated heterocycles. The van der Waals surface area contributed by atoms with E-state index in [9.17, 15) is 8.42 Å². The summed E-state index contributed by atoms with van der Waals surface area (Å²) in [5, 5.41) is 0. The molecule has 0 aromatic heterocycles.